The van der Waals surface area contributed by atoms with Gasteiger partial charge in [0.05, 0.1) is 6.61 Å². The van der Waals surface area contributed by atoms with Gasteiger partial charge in [-0.2, -0.15) is 0 Å². The van der Waals surface area contributed by atoms with Gasteiger partial charge in [0.25, 0.3) is 5.97 Å². The van der Waals surface area contributed by atoms with Gasteiger partial charge in [0, 0.05) is 39.4 Å². The number of hydrogen-bond acceptors (Lipinski definition) is 4. The highest BCUT2D eigenvalue weighted by Gasteiger charge is 2.13. The molecule has 0 aliphatic carbocycles. The van der Waals surface area contributed by atoms with Gasteiger partial charge in [-0.25, -0.2) is 0 Å². The fraction of sp³-hybridized carbons (Fsp3) is 0.929. The normalized spacial score (nSPS) is 10.9. The Bertz CT molecular complexity index is 699. The molecule has 0 aromatic heterocycles. The molecule has 2 amide bonds. The number of carboxylic acid groups (broad SMARTS) is 1. The number of nitrogens with zero attached hydrogens (tertiary/aromatic N) is 1. The van der Waals surface area contributed by atoms with Gasteiger partial charge in [-0.15, -0.1) is 0 Å². The van der Waals surface area contributed by atoms with Crippen LogP contribution in [0.25, 0.3) is 0 Å². The summed E-state index contributed by atoms with van der Waals surface area (Å²) in [6.45, 7) is 6.93. The number of unbranched alkanes of at least 4 members (excludes halogenated alkanes) is 28. The maximum Gasteiger partial charge on any atom is 0.300 e. The van der Waals surface area contributed by atoms with Crippen molar-refractivity contribution in [2.75, 3.05) is 26.2 Å². The summed E-state index contributed by atoms with van der Waals surface area (Å²) >= 11 is 0. The van der Waals surface area contributed by atoms with Gasteiger partial charge in [-0.05, 0) is 12.8 Å². The quantitative estimate of drug-likeness (QED) is 0.0560. The van der Waals surface area contributed by atoms with E-state index in [1.807, 2.05) is 0 Å². The summed E-state index contributed by atoms with van der Waals surface area (Å²) in [7, 11) is 0. The molecule has 0 atom stereocenters. The van der Waals surface area contributed by atoms with Crippen molar-refractivity contribution in [3.05, 3.63) is 0 Å². The molecule has 7 heteroatoms. The lowest BCUT2D eigenvalue weighted by atomic mass is 10.0. The van der Waals surface area contributed by atoms with E-state index in [1.165, 1.54) is 167 Å². The molecule has 0 aromatic carbocycles. The van der Waals surface area contributed by atoms with Gasteiger partial charge in [-0.1, -0.05) is 194 Å². The Hall–Kier alpha value is -1.63. The van der Waals surface area contributed by atoms with Crippen molar-refractivity contribution >= 4 is 17.8 Å². The molecule has 0 unspecified atom stereocenters. The highest BCUT2D eigenvalue weighted by Crippen LogP contribution is 2.15. The third-order valence-electron chi connectivity index (χ3n) is 9.43. The van der Waals surface area contributed by atoms with Crippen molar-refractivity contribution < 1.29 is 24.6 Å². The summed E-state index contributed by atoms with van der Waals surface area (Å²) in [5.41, 5.74) is 0. The monoisotopic (exact) mass is 697 g/mol. The van der Waals surface area contributed by atoms with E-state index in [9.17, 15) is 14.7 Å². The van der Waals surface area contributed by atoms with Gasteiger partial charge < -0.3 is 20.4 Å². The third-order valence-corrected chi connectivity index (χ3v) is 9.43. The predicted molar refractivity (Wildman–Crippen MR) is 209 cm³/mol. The fourth-order valence-electron chi connectivity index (χ4n) is 6.36. The van der Waals surface area contributed by atoms with Crippen LogP contribution >= 0.6 is 0 Å². The first-order chi connectivity index (χ1) is 23.9. The second-order valence-electron chi connectivity index (χ2n) is 14.4. The smallest absolute Gasteiger partial charge is 0.300 e. The summed E-state index contributed by atoms with van der Waals surface area (Å²) < 4.78 is 0. The number of aliphatic hydroxyl groups is 1. The molecular weight excluding hydrogens is 612 g/mol. The van der Waals surface area contributed by atoms with Crippen molar-refractivity contribution in [1.29, 1.82) is 0 Å². The summed E-state index contributed by atoms with van der Waals surface area (Å²) in [5, 5.41) is 19.8. The molecule has 0 saturated heterocycles. The van der Waals surface area contributed by atoms with Crippen molar-refractivity contribution in [3.8, 4) is 0 Å². The second kappa shape index (κ2) is 42.5. The van der Waals surface area contributed by atoms with Crippen LogP contribution in [-0.2, 0) is 14.4 Å². The molecule has 3 N–H and O–H groups in total. The van der Waals surface area contributed by atoms with Crippen LogP contribution in [0.5, 0.6) is 0 Å². The zero-order valence-electron chi connectivity index (χ0n) is 33.0. The van der Waals surface area contributed by atoms with E-state index in [1.54, 1.807) is 4.90 Å². The number of hydrogen-bond donors (Lipinski definition) is 3. The molecular formula is C42H84N2O5. The van der Waals surface area contributed by atoms with Gasteiger partial charge in [0.1, 0.15) is 0 Å². The SMILES string of the molecule is CC(=O)O.CCCCCCCCCCCCCCCCCC(=O)NCCN(CCO)C(=O)CCCCCCCCCCCCCCCCC. The molecule has 7 nitrogen and oxygen atoms in total. The molecule has 0 aromatic rings. The van der Waals surface area contributed by atoms with Crippen molar-refractivity contribution in [3.63, 3.8) is 0 Å². The van der Waals surface area contributed by atoms with Gasteiger partial charge in [-0.3, -0.25) is 14.4 Å². The van der Waals surface area contributed by atoms with Crippen molar-refractivity contribution in [1.82, 2.24) is 10.2 Å². The van der Waals surface area contributed by atoms with E-state index < -0.39 is 5.97 Å². The molecule has 0 aliphatic heterocycles. The first-order valence-corrected chi connectivity index (χ1v) is 21.2. The molecule has 49 heavy (non-hydrogen) atoms. The van der Waals surface area contributed by atoms with E-state index >= 15 is 0 Å². The van der Waals surface area contributed by atoms with E-state index in [4.69, 9.17) is 9.90 Å². The number of aliphatic carboxylic acids is 1. The van der Waals surface area contributed by atoms with E-state index in [-0.39, 0.29) is 18.4 Å². The highest BCUT2D eigenvalue weighted by molar-refractivity contribution is 5.77. The van der Waals surface area contributed by atoms with E-state index in [0.29, 0.717) is 32.5 Å². The van der Waals surface area contributed by atoms with Crippen molar-refractivity contribution in [2.24, 2.45) is 0 Å². The molecule has 0 aliphatic rings. The largest absolute Gasteiger partial charge is 0.481 e. The zero-order chi connectivity index (χ0) is 36.5. The number of amides is 2. The summed E-state index contributed by atoms with van der Waals surface area (Å²) in [4.78, 5) is 35.6. The minimum Gasteiger partial charge on any atom is -0.481 e. The molecule has 0 spiro atoms. The maximum atomic E-state index is 12.7. The second-order valence-corrected chi connectivity index (χ2v) is 14.4. The molecule has 0 fully saturated rings. The summed E-state index contributed by atoms with van der Waals surface area (Å²) in [5.74, 6) is -0.640. The van der Waals surface area contributed by atoms with Crippen LogP contribution in [0.1, 0.15) is 226 Å². The molecule has 0 heterocycles. The zero-order valence-corrected chi connectivity index (χ0v) is 33.0. The van der Waals surface area contributed by atoms with E-state index in [0.717, 1.165) is 32.6 Å². The molecule has 0 saturated carbocycles. The number of carboxylic acids is 1. The first kappa shape index (κ1) is 49.5. The molecule has 0 rings (SSSR count). The number of rotatable bonds is 37. The molecule has 292 valence electrons. The standard InChI is InChI=1S/C40H80N2O3.C2H4O2/c1-3-5-7-9-11-13-15-17-19-21-23-25-27-29-31-33-39(44)41-35-36-42(37-38-43)40(45)34-32-30-28-26-24-22-20-18-16-14-12-10-8-6-4-2;1-2(3)4/h43H,3-38H2,1-2H3,(H,41,44);1H3,(H,3,4). The molecule has 0 bridgehead atoms. The Morgan fingerprint density at radius 3 is 1.06 bits per heavy atom. The number of carbonyl (C=O) groups excluding carboxylic acids is 2. The number of nitrogens with one attached hydrogen (secondary N) is 1. The Kier molecular flexibility index (Phi) is 43.0. The first-order valence-electron chi connectivity index (χ1n) is 21.2. The number of carbonyl (C=O) groups is 3. The van der Waals surface area contributed by atoms with Crippen LogP contribution in [0.3, 0.4) is 0 Å². The lowest BCUT2D eigenvalue weighted by Crippen LogP contribution is -2.40. The predicted octanol–water partition coefficient (Wildman–Crippen LogP) is 11.5. The van der Waals surface area contributed by atoms with Gasteiger partial charge in [0.2, 0.25) is 11.8 Å². The number of aliphatic hydroxyl groups excluding tert-OH is 1. The van der Waals surface area contributed by atoms with Crippen LogP contribution in [0, 0.1) is 0 Å². The van der Waals surface area contributed by atoms with Crippen LogP contribution in [0.4, 0.5) is 0 Å². The highest BCUT2D eigenvalue weighted by atomic mass is 16.4. The topological polar surface area (TPSA) is 107 Å². The Balaban J connectivity index is 0. The average molecular weight is 697 g/mol. The van der Waals surface area contributed by atoms with Gasteiger partial charge >= 0.3 is 0 Å². The summed E-state index contributed by atoms with van der Waals surface area (Å²) in [6.07, 6.45) is 40.8. The third kappa shape index (κ3) is 44.3. The van der Waals surface area contributed by atoms with Crippen LogP contribution in [0.15, 0.2) is 0 Å². The van der Waals surface area contributed by atoms with Crippen LogP contribution in [0.2, 0.25) is 0 Å². The Morgan fingerprint density at radius 1 is 0.469 bits per heavy atom. The fourth-order valence-corrected chi connectivity index (χ4v) is 6.36. The minimum atomic E-state index is -0.833. The Morgan fingerprint density at radius 2 is 0.755 bits per heavy atom. The average Bonchev–Trinajstić information content (AvgIpc) is 3.07. The van der Waals surface area contributed by atoms with Gasteiger partial charge in [0.15, 0.2) is 0 Å². The summed E-state index contributed by atoms with van der Waals surface area (Å²) in [6, 6.07) is 0. The Labute approximate surface area is 304 Å². The van der Waals surface area contributed by atoms with Crippen LogP contribution in [-0.4, -0.2) is 59.1 Å². The maximum absolute atomic E-state index is 12.7. The lowest BCUT2D eigenvalue weighted by molar-refractivity contribution is -0.134. The van der Waals surface area contributed by atoms with E-state index in [2.05, 4.69) is 19.2 Å². The van der Waals surface area contributed by atoms with Crippen LogP contribution < -0.4 is 5.32 Å². The minimum absolute atomic E-state index is 0.0301. The lowest BCUT2D eigenvalue weighted by Gasteiger charge is -2.22. The molecule has 0 radical (unpaired) electrons. The van der Waals surface area contributed by atoms with Crippen molar-refractivity contribution in [2.45, 2.75) is 226 Å².